The molecule has 1 aromatic carbocycles. The Morgan fingerprint density at radius 3 is 2.89 bits per heavy atom. The molecule has 4 nitrogen and oxygen atoms in total. The number of aromatic nitrogens is 1. The van der Waals surface area contributed by atoms with Gasteiger partial charge in [0.05, 0.1) is 21.9 Å². The van der Waals surface area contributed by atoms with Crippen LogP contribution in [0.3, 0.4) is 0 Å². The topological polar surface area (TPSA) is 68.0 Å². The Labute approximate surface area is 118 Å². The molecule has 0 spiro atoms. The molecule has 1 aromatic heterocycles. The number of hydrogen-bond acceptors (Lipinski definition) is 3. The van der Waals surface area contributed by atoms with Crippen LogP contribution in [0.2, 0.25) is 0 Å². The van der Waals surface area contributed by atoms with Crippen LogP contribution in [-0.4, -0.2) is 10.9 Å². The summed E-state index contributed by atoms with van der Waals surface area (Å²) in [6.07, 6.45) is 2.89. The lowest BCUT2D eigenvalue weighted by atomic mass is 10.1. The average Bonchev–Trinajstić information content (AvgIpc) is 2.36. The van der Waals surface area contributed by atoms with Gasteiger partial charge in [0.25, 0.3) is 5.91 Å². The van der Waals surface area contributed by atoms with Crippen molar-refractivity contribution < 1.29 is 9.18 Å². The Hall–Kier alpha value is -1.95. The van der Waals surface area contributed by atoms with Gasteiger partial charge in [-0.3, -0.25) is 9.78 Å². The molecule has 1 heterocycles. The molecule has 0 aliphatic heterocycles. The van der Waals surface area contributed by atoms with E-state index < -0.39 is 0 Å². The van der Waals surface area contributed by atoms with Gasteiger partial charge < -0.3 is 11.1 Å². The summed E-state index contributed by atoms with van der Waals surface area (Å²) >= 11 is 3.08. The number of halogens is 2. The third kappa shape index (κ3) is 2.90. The predicted molar refractivity (Wildman–Crippen MR) is 75.4 cm³/mol. The number of nitrogens with one attached hydrogen (secondary N) is 1. The Balaban J connectivity index is 2.30. The van der Waals surface area contributed by atoms with Crippen molar-refractivity contribution in [1.29, 1.82) is 0 Å². The van der Waals surface area contributed by atoms with E-state index in [1.165, 1.54) is 30.6 Å². The van der Waals surface area contributed by atoms with E-state index >= 15 is 0 Å². The van der Waals surface area contributed by atoms with E-state index in [9.17, 15) is 9.18 Å². The number of carbonyl (C=O) groups is 1. The highest BCUT2D eigenvalue weighted by Gasteiger charge is 2.12. The minimum absolute atomic E-state index is 0.288. The van der Waals surface area contributed by atoms with Crippen LogP contribution in [0.5, 0.6) is 0 Å². The fourth-order valence-corrected chi connectivity index (χ4v) is 1.93. The number of nitrogens with two attached hydrogens (primary N) is 1. The number of carbonyl (C=O) groups excluding carboxylic acids is 1. The van der Waals surface area contributed by atoms with Gasteiger partial charge in [-0.2, -0.15) is 0 Å². The van der Waals surface area contributed by atoms with Gasteiger partial charge in [-0.15, -0.1) is 0 Å². The van der Waals surface area contributed by atoms with Crippen LogP contribution in [0.25, 0.3) is 0 Å². The highest BCUT2D eigenvalue weighted by atomic mass is 79.9. The first-order valence-electron chi connectivity index (χ1n) is 5.45. The number of nitrogens with zero attached hydrogens (tertiary/aromatic N) is 1. The van der Waals surface area contributed by atoms with E-state index in [2.05, 4.69) is 26.2 Å². The van der Waals surface area contributed by atoms with E-state index in [0.29, 0.717) is 22.5 Å². The zero-order valence-corrected chi connectivity index (χ0v) is 11.7. The standard InChI is InChI=1S/C13H11BrFN3O/c1-7-4-10(15)9(14)5-12(7)18-13(19)8-2-3-17-6-11(8)16/h2-6H,16H2,1H3,(H,18,19). The number of rotatable bonds is 2. The maximum Gasteiger partial charge on any atom is 0.257 e. The number of anilines is 2. The van der Waals surface area contributed by atoms with E-state index in [0.717, 1.165) is 0 Å². The number of amides is 1. The van der Waals surface area contributed by atoms with Crippen LogP contribution in [0.4, 0.5) is 15.8 Å². The molecule has 1 amide bonds. The zero-order chi connectivity index (χ0) is 14.0. The van der Waals surface area contributed by atoms with Gasteiger partial charge in [0.15, 0.2) is 0 Å². The molecule has 98 valence electrons. The molecule has 6 heteroatoms. The molecule has 0 aliphatic carbocycles. The van der Waals surface area contributed by atoms with E-state index in [-0.39, 0.29) is 16.2 Å². The normalized spacial score (nSPS) is 10.3. The Bertz CT molecular complexity index is 646. The Morgan fingerprint density at radius 2 is 2.21 bits per heavy atom. The fraction of sp³-hybridized carbons (Fsp3) is 0.0769. The summed E-state index contributed by atoms with van der Waals surface area (Å²) in [4.78, 5) is 15.9. The summed E-state index contributed by atoms with van der Waals surface area (Å²) in [6.45, 7) is 1.71. The molecule has 0 fully saturated rings. The van der Waals surface area contributed by atoms with E-state index in [4.69, 9.17) is 5.73 Å². The summed E-state index contributed by atoms with van der Waals surface area (Å²) in [7, 11) is 0. The van der Waals surface area contributed by atoms with Crippen LogP contribution in [0.1, 0.15) is 15.9 Å². The molecule has 0 bridgehead atoms. The van der Waals surface area contributed by atoms with Crippen molar-refractivity contribution in [2.75, 3.05) is 11.1 Å². The van der Waals surface area contributed by atoms with E-state index in [1.807, 2.05) is 0 Å². The lowest BCUT2D eigenvalue weighted by molar-refractivity contribution is 0.102. The van der Waals surface area contributed by atoms with Crippen LogP contribution >= 0.6 is 15.9 Å². The second kappa shape index (κ2) is 5.36. The largest absolute Gasteiger partial charge is 0.397 e. The molecule has 0 unspecified atom stereocenters. The van der Waals surface area contributed by atoms with Crippen LogP contribution in [0, 0.1) is 12.7 Å². The molecule has 2 rings (SSSR count). The summed E-state index contributed by atoms with van der Waals surface area (Å²) in [5, 5.41) is 2.69. The van der Waals surface area contributed by atoms with Gasteiger partial charge in [-0.1, -0.05) is 0 Å². The van der Waals surface area contributed by atoms with Crippen molar-refractivity contribution in [1.82, 2.24) is 4.98 Å². The van der Waals surface area contributed by atoms with Gasteiger partial charge in [-0.05, 0) is 46.6 Å². The minimum Gasteiger partial charge on any atom is -0.397 e. The molecular weight excluding hydrogens is 313 g/mol. The minimum atomic E-state index is -0.376. The van der Waals surface area contributed by atoms with Crippen molar-refractivity contribution >= 4 is 33.2 Å². The van der Waals surface area contributed by atoms with Gasteiger partial charge in [0, 0.05) is 11.9 Å². The Kier molecular flexibility index (Phi) is 3.80. The summed E-state index contributed by atoms with van der Waals surface area (Å²) in [5.74, 6) is -0.736. The van der Waals surface area contributed by atoms with Gasteiger partial charge in [0.1, 0.15) is 5.82 Å². The molecule has 0 atom stereocenters. The van der Waals surface area contributed by atoms with Crippen LogP contribution in [0.15, 0.2) is 35.1 Å². The van der Waals surface area contributed by atoms with Crippen molar-refractivity contribution in [3.8, 4) is 0 Å². The van der Waals surface area contributed by atoms with Gasteiger partial charge in [0.2, 0.25) is 0 Å². The second-order valence-corrected chi connectivity index (χ2v) is 4.85. The molecular formula is C13H11BrFN3O. The predicted octanol–water partition coefficient (Wildman–Crippen LogP) is 3.13. The molecule has 0 radical (unpaired) electrons. The number of hydrogen-bond donors (Lipinski definition) is 2. The lowest BCUT2D eigenvalue weighted by Gasteiger charge is -2.10. The molecule has 19 heavy (non-hydrogen) atoms. The molecule has 3 N–H and O–H groups in total. The molecule has 2 aromatic rings. The molecule has 0 aliphatic rings. The average molecular weight is 324 g/mol. The highest BCUT2D eigenvalue weighted by Crippen LogP contribution is 2.25. The first kappa shape index (κ1) is 13.5. The van der Waals surface area contributed by atoms with Gasteiger partial charge >= 0.3 is 0 Å². The Morgan fingerprint density at radius 1 is 1.47 bits per heavy atom. The van der Waals surface area contributed by atoms with Crippen molar-refractivity contribution in [3.63, 3.8) is 0 Å². The fourth-order valence-electron chi connectivity index (χ4n) is 1.58. The molecule has 0 saturated heterocycles. The monoisotopic (exact) mass is 323 g/mol. The number of nitrogen functional groups attached to an aromatic ring is 1. The summed E-state index contributed by atoms with van der Waals surface area (Å²) < 4.78 is 13.6. The van der Waals surface area contributed by atoms with Crippen molar-refractivity contribution in [2.24, 2.45) is 0 Å². The maximum absolute atomic E-state index is 13.3. The van der Waals surface area contributed by atoms with E-state index in [1.54, 1.807) is 6.92 Å². The van der Waals surface area contributed by atoms with Crippen molar-refractivity contribution in [3.05, 3.63) is 52.0 Å². The maximum atomic E-state index is 13.3. The SMILES string of the molecule is Cc1cc(F)c(Br)cc1NC(=O)c1ccncc1N. The zero-order valence-electron chi connectivity index (χ0n) is 10.1. The summed E-state index contributed by atoms with van der Waals surface area (Å²) in [6, 6.07) is 4.38. The first-order chi connectivity index (χ1) is 8.99. The molecule has 0 saturated carbocycles. The van der Waals surface area contributed by atoms with Crippen molar-refractivity contribution in [2.45, 2.75) is 6.92 Å². The lowest BCUT2D eigenvalue weighted by Crippen LogP contribution is -2.15. The van der Waals surface area contributed by atoms with Gasteiger partial charge in [-0.25, -0.2) is 4.39 Å². The first-order valence-corrected chi connectivity index (χ1v) is 6.25. The number of aryl methyl sites for hydroxylation is 1. The number of benzene rings is 1. The van der Waals surface area contributed by atoms with Crippen LogP contribution in [-0.2, 0) is 0 Å². The third-order valence-corrected chi connectivity index (χ3v) is 3.22. The second-order valence-electron chi connectivity index (χ2n) is 4.00. The van der Waals surface area contributed by atoms with Crippen LogP contribution < -0.4 is 11.1 Å². The smallest absolute Gasteiger partial charge is 0.257 e. The summed E-state index contributed by atoms with van der Waals surface area (Å²) in [5.41, 5.74) is 7.44. The quantitative estimate of drug-likeness (QED) is 0.892. The third-order valence-electron chi connectivity index (χ3n) is 2.61. The number of pyridine rings is 1. The highest BCUT2D eigenvalue weighted by molar-refractivity contribution is 9.10.